The Hall–Kier alpha value is -4.31. The van der Waals surface area contributed by atoms with Gasteiger partial charge in [0, 0.05) is 18.7 Å². The molecule has 0 unspecified atom stereocenters. The van der Waals surface area contributed by atoms with E-state index < -0.39 is 5.76 Å². The Morgan fingerprint density at radius 2 is 1.83 bits per heavy atom. The highest BCUT2D eigenvalue weighted by Crippen LogP contribution is 2.38. The Bertz CT molecular complexity index is 1750. The molecule has 0 spiro atoms. The summed E-state index contributed by atoms with van der Waals surface area (Å²) in [5.41, 5.74) is 5.49. The molecule has 2 fully saturated rings. The van der Waals surface area contributed by atoms with Crippen LogP contribution in [0.2, 0.25) is 0 Å². The number of hydrogen-bond acceptors (Lipinski definition) is 8. The molecule has 10 nitrogen and oxygen atoms in total. The van der Waals surface area contributed by atoms with E-state index in [-0.39, 0.29) is 17.7 Å². The van der Waals surface area contributed by atoms with Gasteiger partial charge in [-0.25, -0.2) is 14.8 Å². The van der Waals surface area contributed by atoms with Crippen LogP contribution < -0.4 is 10.7 Å². The molecule has 1 saturated carbocycles. The first-order valence-corrected chi connectivity index (χ1v) is 14.8. The van der Waals surface area contributed by atoms with Gasteiger partial charge < -0.3 is 14.2 Å². The van der Waals surface area contributed by atoms with Crippen molar-refractivity contribution < 1.29 is 9.26 Å². The first-order valence-electron chi connectivity index (χ1n) is 14.8. The van der Waals surface area contributed by atoms with Gasteiger partial charge >= 0.3 is 5.76 Å². The molecular weight excluding hydrogens is 530 g/mol. The van der Waals surface area contributed by atoms with Crippen LogP contribution in [0.5, 0.6) is 0 Å². The summed E-state index contributed by atoms with van der Waals surface area (Å²) in [5, 5.41) is 3.89. The molecule has 42 heavy (non-hydrogen) atoms. The van der Waals surface area contributed by atoms with E-state index >= 15 is 0 Å². The van der Waals surface area contributed by atoms with Gasteiger partial charge in [0.15, 0.2) is 5.65 Å². The van der Waals surface area contributed by atoms with Gasteiger partial charge in [0.2, 0.25) is 17.6 Å². The molecule has 1 aliphatic heterocycles. The zero-order valence-corrected chi connectivity index (χ0v) is 24.0. The van der Waals surface area contributed by atoms with Gasteiger partial charge in [-0.3, -0.25) is 9.51 Å². The molecule has 216 valence electrons. The Morgan fingerprint density at radius 3 is 2.60 bits per heavy atom. The van der Waals surface area contributed by atoms with E-state index in [4.69, 9.17) is 24.2 Å². The molecule has 1 N–H and O–H groups in total. The number of hydrogen-bond donors (Lipinski definition) is 1. The van der Waals surface area contributed by atoms with Gasteiger partial charge in [0.05, 0.1) is 19.3 Å². The fourth-order valence-corrected chi connectivity index (χ4v) is 6.41. The number of fused-ring (bicyclic) bond motifs is 1. The van der Waals surface area contributed by atoms with Crippen molar-refractivity contribution in [2.75, 3.05) is 24.7 Å². The predicted molar refractivity (Wildman–Crippen MR) is 160 cm³/mol. The Morgan fingerprint density at radius 1 is 1.00 bits per heavy atom. The van der Waals surface area contributed by atoms with Crippen LogP contribution in [-0.2, 0) is 11.3 Å². The van der Waals surface area contributed by atoms with Crippen LogP contribution in [0.1, 0.15) is 49.8 Å². The van der Waals surface area contributed by atoms with E-state index in [1.807, 2.05) is 12.1 Å². The van der Waals surface area contributed by atoms with Crippen molar-refractivity contribution >= 4 is 17.1 Å². The van der Waals surface area contributed by atoms with Gasteiger partial charge in [0.25, 0.3) is 0 Å². The number of H-pyrrole nitrogens is 1. The van der Waals surface area contributed by atoms with E-state index in [0.29, 0.717) is 31.3 Å². The van der Waals surface area contributed by atoms with Crippen LogP contribution in [0.3, 0.4) is 0 Å². The maximum Gasteiger partial charge on any atom is 0.439 e. The molecule has 2 aliphatic rings. The Kier molecular flexibility index (Phi) is 7.07. The van der Waals surface area contributed by atoms with Crippen molar-refractivity contribution in [2.45, 2.75) is 52.1 Å². The monoisotopic (exact) mass is 565 g/mol. The largest absolute Gasteiger partial charge is 0.439 e. The second-order valence-electron chi connectivity index (χ2n) is 11.7. The molecule has 1 saturated heterocycles. The quantitative estimate of drug-likeness (QED) is 0.285. The normalized spacial score (nSPS) is 21.2. The second-order valence-corrected chi connectivity index (χ2v) is 11.7. The van der Waals surface area contributed by atoms with E-state index in [0.717, 1.165) is 40.7 Å². The zero-order valence-electron chi connectivity index (χ0n) is 24.0. The number of aromatic nitrogens is 6. The minimum absolute atomic E-state index is 0.0173. The average Bonchev–Trinajstić information content (AvgIpc) is 3.62. The molecule has 2 aromatic carbocycles. The number of nitrogens with one attached hydrogen (secondary N) is 1. The lowest BCUT2D eigenvalue weighted by atomic mass is 9.83. The van der Waals surface area contributed by atoms with Crippen LogP contribution in [0.4, 0.5) is 5.95 Å². The fraction of sp³-hybridized carbons (Fsp3) is 0.406. The van der Waals surface area contributed by atoms with E-state index in [1.165, 1.54) is 31.2 Å². The summed E-state index contributed by atoms with van der Waals surface area (Å²) in [6.45, 7) is 7.17. The number of benzene rings is 2. The van der Waals surface area contributed by atoms with E-state index in [2.05, 4.69) is 75.9 Å². The van der Waals surface area contributed by atoms with Crippen molar-refractivity contribution in [3.8, 4) is 22.9 Å². The SMILES string of the molecule is Cc1cccc(-c2nc(-c3noc(=O)[nH]3)nc3nc(N4CCOC[C@H]4c4ccccc4)n(CC4CCC(C)CC4)c23)c1. The fourth-order valence-electron chi connectivity index (χ4n) is 6.41. The van der Waals surface area contributed by atoms with Crippen LogP contribution in [0.25, 0.3) is 34.1 Å². The van der Waals surface area contributed by atoms with Crippen molar-refractivity contribution in [1.29, 1.82) is 0 Å². The highest BCUT2D eigenvalue weighted by atomic mass is 16.5. The third kappa shape index (κ3) is 5.11. The molecule has 0 bridgehead atoms. The molecule has 7 rings (SSSR count). The molecule has 0 amide bonds. The molecular formula is C32H35N7O3. The molecule has 4 heterocycles. The summed E-state index contributed by atoms with van der Waals surface area (Å²) in [7, 11) is 0. The predicted octanol–water partition coefficient (Wildman–Crippen LogP) is 5.55. The van der Waals surface area contributed by atoms with Crippen molar-refractivity contribution in [3.05, 3.63) is 76.3 Å². The minimum atomic E-state index is -0.650. The third-order valence-electron chi connectivity index (χ3n) is 8.67. The molecule has 10 heteroatoms. The number of rotatable bonds is 6. The topological polar surface area (TPSA) is 115 Å². The average molecular weight is 566 g/mol. The standard InChI is InChI=1S/C32H35N7O3/c1-20-11-13-22(14-12-20)18-39-27-26(24-10-6-7-21(2)17-24)33-29(30-36-32(40)42-37-30)34-28(27)35-31(39)38-15-16-41-19-25(38)23-8-4-3-5-9-23/h3-10,17,20,22,25H,11-16,18-19H2,1-2H3,(H,36,37,40)/t20?,22?,25-/m0/s1. The Labute approximate surface area is 243 Å². The molecule has 0 radical (unpaired) electrons. The smallest absolute Gasteiger partial charge is 0.377 e. The van der Waals surface area contributed by atoms with Gasteiger partial charge in [0.1, 0.15) is 11.2 Å². The zero-order chi connectivity index (χ0) is 28.6. The van der Waals surface area contributed by atoms with Crippen molar-refractivity contribution in [3.63, 3.8) is 0 Å². The second kappa shape index (κ2) is 11.2. The summed E-state index contributed by atoms with van der Waals surface area (Å²) >= 11 is 0. The summed E-state index contributed by atoms with van der Waals surface area (Å²) in [6, 6.07) is 18.8. The third-order valence-corrected chi connectivity index (χ3v) is 8.67. The van der Waals surface area contributed by atoms with Gasteiger partial charge in [-0.1, -0.05) is 79.0 Å². The van der Waals surface area contributed by atoms with Gasteiger partial charge in [-0.15, -0.1) is 0 Å². The number of imidazole rings is 1. The van der Waals surface area contributed by atoms with E-state index in [1.54, 1.807) is 0 Å². The summed E-state index contributed by atoms with van der Waals surface area (Å²) in [5.74, 6) is 1.97. The lowest BCUT2D eigenvalue weighted by Crippen LogP contribution is -2.41. The number of aryl methyl sites for hydroxylation is 1. The Balaban J connectivity index is 1.45. The number of aromatic amines is 1. The molecule has 1 aliphatic carbocycles. The van der Waals surface area contributed by atoms with Gasteiger partial charge in [-0.05, 0) is 43.2 Å². The van der Waals surface area contributed by atoms with Crippen LogP contribution in [0.15, 0.2) is 63.9 Å². The minimum Gasteiger partial charge on any atom is -0.377 e. The van der Waals surface area contributed by atoms with Crippen LogP contribution >= 0.6 is 0 Å². The molecule has 3 aromatic heterocycles. The molecule has 1 atom stereocenters. The van der Waals surface area contributed by atoms with Crippen molar-refractivity contribution in [2.24, 2.45) is 11.8 Å². The maximum atomic E-state index is 11.8. The number of anilines is 1. The number of morpholine rings is 1. The summed E-state index contributed by atoms with van der Waals surface area (Å²) in [4.78, 5) is 31.9. The first-order chi connectivity index (χ1) is 20.5. The first kappa shape index (κ1) is 26.6. The van der Waals surface area contributed by atoms with E-state index in [9.17, 15) is 4.79 Å². The molecule has 5 aromatic rings. The van der Waals surface area contributed by atoms with Crippen molar-refractivity contribution in [1.82, 2.24) is 29.7 Å². The lowest BCUT2D eigenvalue weighted by molar-refractivity contribution is 0.0927. The van der Waals surface area contributed by atoms with Gasteiger partial charge in [-0.2, -0.15) is 4.98 Å². The summed E-state index contributed by atoms with van der Waals surface area (Å²) < 4.78 is 13.1. The highest BCUT2D eigenvalue weighted by molar-refractivity contribution is 5.91. The van der Waals surface area contributed by atoms with Crippen LogP contribution in [-0.4, -0.2) is 49.4 Å². The number of ether oxygens (including phenoxy) is 1. The highest BCUT2D eigenvalue weighted by Gasteiger charge is 2.32. The lowest BCUT2D eigenvalue weighted by Gasteiger charge is -2.37. The summed E-state index contributed by atoms with van der Waals surface area (Å²) in [6.07, 6.45) is 4.85. The number of nitrogens with zero attached hydrogens (tertiary/aromatic N) is 6. The maximum absolute atomic E-state index is 11.8. The van der Waals surface area contributed by atoms with Crippen LogP contribution in [0, 0.1) is 18.8 Å².